The fraction of sp³-hybridized carbons (Fsp3) is 0.583. The SMILES string of the molecule is COc1cccc(NC2(C)CCOC2C)n1. The van der Waals surface area contributed by atoms with Crippen LogP contribution in [-0.4, -0.2) is 30.3 Å². The highest BCUT2D eigenvalue weighted by molar-refractivity contribution is 5.40. The molecule has 1 N–H and O–H groups in total. The van der Waals surface area contributed by atoms with Crippen LogP contribution in [0.1, 0.15) is 20.3 Å². The van der Waals surface area contributed by atoms with Crippen molar-refractivity contribution < 1.29 is 9.47 Å². The zero-order chi connectivity index (χ0) is 11.6. The number of nitrogens with zero attached hydrogens (tertiary/aromatic N) is 1. The molecule has 1 fully saturated rings. The van der Waals surface area contributed by atoms with Crippen LogP contribution in [0.5, 0.6) is 5.88 Å². The Bertz CT molecular complexity index is 370. The number of hydrogen-bond donors (Lipinski definition) is 1. The van der Waals surface area contributed by atoms with Crippen LogP contribution in [0.3, 0.4) is 0 Å². The van der Waals surface area contributed by atoms with Crippen molar-refractivity contribution >= 4 is 5.82 Å². The van der Waals surface area contributed by atoms with Crippen LogP contribution in [0.4, 0.5) is 5.82 Å². The van der Waals surface area contributed by atoms with E-state index in [1.807, 2.05) is 18.2 Å². The fourth-order valence-corrected chi connectivity index (χ4v) is 1.89. The third kappa shape index (κ3) is 2.11. The molecule has 0 aromatic carbocycles. The summed E-state index contributed by atoms with van der Waals surface area (Å²) in [7, 11) is 1.62. The Morgan fingerprint density at radius 1 is 1.56 bits per heavy atom. The van der Waals surface area contributed by atoms with Crippen LogP contribution in [-0.2, 0) is 4.74 Å². The first-order chi connectivity index (χ1) is 7.64. The maximum atomic E-state index is 5.58. The van der Waals surface area contributed by atoms with Gasteiger partial charge in [0.05, 0.1) is 18.8 Å². The first-order valence-electron chi connectivity index (χ1n) is 5.55. The van der Waals surface area contributed by atoms with Gasteiger partial charge in [-0.2, -0.15) is 4.98 Å². The predicted octanol–water partition coefficient (Wildman–Crippen LogP) is 2.07. The molecule has 16 heavy (non-hydrogen) atoms. The monoisotopic (exact) mass is 222 g/mol. The van der Waals surface area contributed by atoms with Crippen molar-refractivity contribution in [3.63, 3.8) is 0 Å². The topological polar surface area (TPSA) is 43.4 Å². The van der Waals surface area contributed by atoms with Gasteiger partial charge in [-0.15, -0.1) is 0 Å². The van der Waals surface area contributed by atoms with Crippen molar-refractivity contribution in [3.05, 3.63) is 18.2 Å². The van der Waals surface area contributed by atoms with Crippen LogP contribution in [0.15, 0.2) is 18.2 Å². The molecule has 0 bridgehead atoms. The lowest BCUT2D eigenvalue weighted by molar-refractivity contribution is 0.105. The second kappa shape index (κ2) is 4.29. The van der Waals surface area contributed by atoms with Crippen molar-refractivity contribution in [1.82, 2.24) is 4.98 Å². The van der Waals surface area contributed by atoms with E-state index < -0.39 is 0 Å². The van der Waals surface area contributed by atoms with Gasteiger partial charge in [0.1, 0.15) is 5.82 Å². The number of nitrogens with one attached hydrogen (secondary N) is 1. The van der Waals surface area contributed by atoms with Gasteiger partial charge in [-0.25, -0.2) is 0 Å². The van der Waals surface area contributed by atoms with Gasteiger partial charge in [-0.05, 0) is 26.3 Å². The number of hydrogen-bond acceptors (Lipinski definition) is 4. The smallest absolute Gasteiger partial charge is 0.214 e. The third-order valence-electron chi connectivity index (χ3n) is 3.23. The minimum Gasteiger partial charge on any atom is -0.481 e. The van der Waals surface area contributed by atoms with E-state index in [9.17, 15) is 0 Å². The first-order valence-corrected chi connectivity index (χ1v) is 5.55. The van der Waals surface area contributed by atoms with Crippen molar-refractivity contribution in [3.8, 4) is 5.88 Å². The Hall–Kier alpha value is -1.29. The van der Waals surface area contributed by atoms with E-state index in [0.29, 0.717) is 5.88 Å². The summed E-state index contributed by atoms with van der Waals surface area (Å²) in [6.45, 7) is 5.04. The minimum atomic E-state index is -0.0423. The number of ether oxygens (including phenoxy) is 2. The molecule has 2 unspecified atom stereocenters. The average Bonchev–Trinajstić information content (AvgIpc) is 2.59. The van der Waals surface area contributed by atoms with Gasteiger partial charge in [-0.3, -0.25) is 0 Å². The van der Waals surface area contributed by atoms with E-state index in [0.717, 1.165) is 18.8 Å². The second-order valence-corrected chi connectivity index (χ2v) is 4.37. The standard InChI is InChI=1S/C12H18N2O2/c1-9-12(2,7-8-16-9)14-10-5-4-6-11(13-10)15-3/h4-6,9H,7-8H2,1-3H3,(H,13,14). The van der Waals surface area contributed by atoms with E-state index in [-0.39, 0.29) is 11.6 Å². The molecule has 0 aliphatic carbocycles. The molecular formula is C12H18N2O2. The van der Waals surface area contributed by atoms with Crippen LogP contribution >= 0.6 is 0 Å². The molecule has 1 aliphatic rings. The molecule has 1 aromatic heterocycles. The molecule has 2 heterocycles. The fourth-order valence-electron chi connectivity index (χ4n) is 1.89. The molecule has 0 radical (unpaired) electrons. The van der Waals surface area contributed by atoms with Crippen LogP contribution in [0, 0.1) is 0 Å². The summed E-state index contributed by atoms with van der Waals surface area (Å²) in [5.74, 6) is 1.46. The highest BCUT2D eigenvalue weighted by atomic mass is 16.5. The van der Waals surface area contributed by atoms with Crippen LogP contribution in [0.25, 0.3) is 0 Å². The number of pyridine rings is 1. The normalized spacial score (nSPS) is 29.1. The maximum absolute atomic E-state index is 5.58. The van der Waals surface area contributed by atoms with Crippen molar-refractivity contribution in [2.24, 2.45) is 0 Å². The predicted molar refractivity (Wildman–Crippen MR) is 62.8 cm³/mol. The van der Waals surface area contributed by atoms with E-state index in [4.69, 9.17) is 9.47 Å². The van der Waals surface area contributed by atoms with Crippen molar-refractivity contribution in [2.75, 3.05) is 19.0 Å². The third-order valence-corrected chi connectivity index (χ3v) is 3.23. The summed E-state index contributed by atoms with van der Waals surface area (Å²) >= 11 is 0. The Morgan fingerprint density at radius 2 is 2.38 bits per heavy atom. The molecule has 0 saturated carbocycles. The van der Waals surface area contributed by atoms with Gasteiger partial charge in [0.15, 0.2) is 0 Å². The van der Waals surface area contributed by atoms with Gasteiger partial charge in [0.25, 0.3) is 0 Å². The van der Waals surface area contributed by atoms with Gasteiger partial charge >= 0.3 is 0 Å². The highest BCUT2D eigenvalue weighted by Crippen LogP contribution is 2.29. The van der Waals surface area contributed by atoms with Gasteiger partial charge < -0.3 is 14.8 Å². The van der Waals surface area contributed by atoms with Gasteiger partial charge in [-0.1, -0.05) is 6.07 Å². The number of methoxy groups -OCH3 is 1. The molecule has 0 amide bonds. The number of aromatic nitrogens is 1. The van der Waals surface area contributed by atoms with Crippen LogP contribution < -0.4 is 10.1 Å². The molecule has 4 nitrogen and oxygen atoms in total. The highest BCUT2D eigenvalue weighted by Gasteiger charge is 2.37. The lowest BCUT2D eigenvalue weighted by Crippen LogP contribution is -2.41. The Balaban J connectivity index is 2.13. The van der Waals surface area contributed by atoms with Gasteiger partial charge in [0, 0.05) is 12.7 Å². The zero-order valence-corrected chi connectivity index (χ0v) is 9.99. The summed E-state index contributed by atoms with van der Waals surface area (Å²) in [4.78, 5) is 4.35. The number of rotatable bonds is 3. The number of anilines is 1. The molecule has 2 atom stereocenters. The first kappa shape index (κ1) is 11.2. The minimum absolute atomic E-state index is 0.0423. The summed E-state index contributed by atoms with van der Waals surface area (Å²) in [6.07, 6.45) is 1.19. The largest absolute Gasteiger partial charge is 0.481 e. The molecule has 1 aromatic rings. The lowest BCUT2D eigenvalue weighted by Gasteiger charge is -2.29. The molecule has 1 aliphatic heterocycles. The Kier molecular flexibility index (Phi) is 3.01. The van der Waals surface area contributed by atoms with Crippen molar-refractivity contribution in [1.29, 1.82) is 0 Å². The maximum Gasteiger partial charge on any atom is 0.214 e. The quantitative estimate of drug-likeness (QED) is 0.850. The van der Waals surface area contributed by atoms with E-state index in [2.05, 4.69) is 24.1 Å². The van der Waals surface area contributed by atoms with E-state index in [1.54, 1.807) is 7.11 Å². The summed E-state index contributed by atoms with van der Waals surface area (Å²) in [5.41, 5.74) is -0.0423. The second-order valence-electron chi connectivity index (χ2n) is 4.37. The summed E-state index contributed by atoms with van der Waals surface area (Å²) in [5, 5.41) is 3.43. The molecule has 2 rings (SSSR count). The summed E-state index contributed by atoms with van der Waals surface area (Å²) < 4.78 is 10.7. The molecule has 88 valence electrons. The molecular weight excluding hydrogens is 204 g/mol. The van der Waals surface area contributed by atoms with Crippen molar-refractivity contribution in [2.45, 2.75) is 31.9 Å². The van der Waals surface area contributed by atoms with E-state index in [1.165, 1.54) is 0 Å². The Morgan fingerprint density at radius 3 is 3.00 bits per heavy atom. The molecule has 4 heteroatoms. The van der Waals surface area contributed by atoms with Crippen LogP contribution in [0.2, 0.25) is 0 Å². The Labute approximate surface area is 96.0 Å². The van der Waals surface area contributed by atoms with E-state index >= 15 is 0 Å². The molecule has 1 saturated heterocycles. The lowest BCUT2D eigenvalue weighted by atomic mass is 9.95. The summed E-state index contributed by atoms with van der Waals surface area (Å²) in [6, 6.07) is 5.71. The van der Waals surface area contributed by atoms with Gasteiger partial charge in [0.2, 0.25) is 5.88 Å². The zero-order valence-electron chi connectivity index (χ0n) is 9.99. The molecule has 0 spiro atoms. The average molecular weight is 222 g/mol.